The summed E-state index contributed by atoms with van der Waals surface area (Å²) >= 11 is 7.18. The van der Waals surface area contributed by atoms with E-state index in [1.54, 1.807) is 87.5 Å². The van der Waals surface area contributed by atoms with Crippen LogP contribution in [0.2, 0.25) is 0 Å². The smallest absolute Gasteiger partial charge is 0.229 e. The molecule has 10 aromatic rings. The van der Waals surface area contributed by atoms with Gasteiger partial charge >= 0.3 is 0 Å². The van der Waals surface area contributed by atoms with Gasteiger partial charge in [0.1, 0.15) is 28.6 Å². The molecule has 25 heteroatoms. The van der Waals surface area contributed by atoms with Crippen molar-refractivity contribution < 1.29 is 116 Å². The Labute approximate surface area is 864 Å². The number of amides is 5. The van der Waals surface area contributed by atoms with E-state index < -0.39 is 279 Å². The molecule has 130 heavy (non-hydrogen) atoms. The summed E-state index contributed by atoms with van der Waals surface area (Å²) in [6.07, 6.45) is -9.31. The van der Waals surface area contributed by atoms with Crippen LogP contribution in [-0.2, 0) is 79.8 Å². The molecule has 0 aliphatic carbocycles. The van der Waals surface area contributed by atoms with Gasteiger partial charge in [0.15, 0.2) is 0 Å². The fourth-order valence-corrected chi connectivity index (χ4v) is 18.9. The van der Waals surface area contributed by atoms with Gasteiger partial charge in [0.25, 0.3) is 0 Å². The average Bonchev–Trinajstić information content (AvgIpc) is 0.840. The van der Waals surface area contributed by atoms with Crippen molar-refractivity contribution in [2.45, 2.75) is 191 Å². The number of benzene rings is 5. The van der Waals surface area contributed by atoms with Crippen LogP contribution in [0.15, 0.2) is 239 Å². The SMILES string of the molecule is [2H]C([2H])(Cc1cccs1)N1CCC(OC)(N(C(=O)C([2H])([2H])C([2H])([2H])[2H])c2ccccc2)CC1.[2H]C([2H])([2H])CC(=O)N(c1ccccc1)C1(OC([2H])([2H])[2H])CCN(C([2H])([2H])Cc2cccs2)CC1.[2H]c1c([2H])c([2H])c(N(C(=O)C([2H])([2H])C([2H])([2H])[2H])C2(OC)CCN(C([2H])([2H])Cc3cccs3)CC2)c([2H])c1[2H].[2H]c1c([2H])c([2H])c(N(C(=O)CC([2H])([2H])[2H])C2(OC([2H])([2H])[2H])CCN(C([2H])([2H])Cc3cccs3)CC2)c([2H])c1[2H].[2H]c1c([2H])c([2H])c(N(C(=O)CC([2H])([2H])[2H])C2(OC)CCN(C([2H])([2H])Cc3cccs3)CC2)c([2H])c1[2H]. The molecule has 15 rings (SSSR count). The van der Waals surface area contributed by atoms with Crippen molar-refractivity contribution >= 4 is 115 Å². The number of carbonyl (C=O) groups is 5. The fourth-order valence-electron chi connectivity index (χ4n) is 15.7. The summed E-state index contributed by atoms with van der Waals surface area (Å²) in [5, 5.41) is 9.29. The van der Waals surface area contributed by atoms with E-state index in [1.165, 1.54) is 87.8 Å². The third kappa shape index (κ3) is 27.6. The van der Waals surface area contributed by atoms with Crippen molar-refractivity contribution in [2.75, 3.05) is 158 Å². The number of nitrogens with zero attached hydrogens (tertiary/aromatic N) is 10. The van der Waals surface area contributed by atoms with Crippen molar-refractivity contribution in [3.8, 4) is 0 Å². The molecule has 5 aromatic carbocycles. The summed E-state index contributed by atoms with van der Waals surface area (Å²) < 4.78 is 429. The maximum absolute atomic E-state index is 13.7. The summed E-state index contributed by atoms with van der Waals surface area (Å²) in [6.45, 7) is -22.6. The second-order valence-electron chi connectivity index (χ2n) is 29.9. The largest absolute Gasteiger partial charge is 0.358 e. The first-order valence-corrected chi connectivity index (χ1v) is 46.2. The molecule has 5 fully saturated rings. The quantitative estimate of drug-likeness (QED) is 0.0344. The Kier molecular flexibility index (Phi) is 21.5. The van der Waals surface area contributed by atoms with Crippen molar-refractivity contribution in [3.63, 3.8) is 0 Å². The lowest BCUT2D eigenvalue weighted by Gasteiger charge is -2.47. The highest BCUT2D eigenvalue weighted by molar-refractivity contribution is 7.11. The second kappa shape index (κ2) is 52.3. The van der Waals surface area contributed by atoms with Crippen LogP contribution in [0.5, 0.6) is 0 Å². The minimum Gasteiger partial charge on any atom is -0.358 e. The predicted molar refractivity (Wildman–Crippen MR) is 538 cm³/mol. The van der Waals surface area contributed by atoms with Gasteiger partial charge in [-0.25, -0.2) is 0 Å². The van der Waals surface area contributed by atoms with E-state index in [9.17, 15) is 24.0 Å². The minimum atomic E-state index is -3.49. The summed E-state index contributed by atoms with van der Waals surface area (Å²) in [4.78, 5) is 83.7. The molecule has 0 unspecified atom stereocenters. The first kappa shape index (κ1) is 53.6. The number of para-hydroxylation sites is 5. The Bertz CT molecular complexity index is 7230. The Morgan fingerprint density at radius 3 is 0.731 bits per heavy atom. The van der Waals surface area contributed by atoms with Crippen LogP contribution in [0.1, 0.15) is 223 Å². The number of piperidine rings is 5. The van der Waals surface area contributed by atoms with Crippen molar-refractivity contribution in [1.82, 2.24) is 24.5 Å². The van der Waals surface area contributed by atoms with Gasteiger partial charge in [0, 0.05) is 322 Å². The predicted octanol–water partition coefficient (Wildman–Crippen LogP) is 20.9. The van der Waals surface area contributed by atoms with Gasteiger partial charge < -0.3 is 48.2 Å². The lowest BCUT2D eigenvalue weighted by Crippen LogP contribution is -2.59. The van der Waals surface area contributed by atoms with Crippen molar-refractivity contribution in [2.24, 2.45) is 0 Å². The normalized spacial score (nSPS) is 24.2. The van der Waals surface area contributed by atoms with Crippen molar-refractivity contribution in [1.29, 1.82) is 0 Å². The first-order valence-electron chi connectivity index (χ1n) is 66.8. The molecule has 20 nitrogen and oxygen atoms in total. The van der Waals surface area contributed by atoms with Crippen LogP contribution in [0, 0.1) is 0 Å². The number of anilines is 5. The molecule has 0 saturated carbocycles. The Balaban J connectivity index is 0.000000209. The van der Waals surface area contributed by atoms with Gasteiger partial charge in [-0.2, -0.15) is 0 Å². The molecular formula is C105H140N10O10S5. The third-order valence-corrected chi connectivity index (χ3v) is 26.9. The van der Waals surface area contributed by atoms with Gasteiger partial charge in [0.05, 0.1) is 28.8 Å². The number of hydrogen-bond donors (Lipinski definition) is 0. The number of carbonyl (C=O) groups excluding carboxylic acids is 5. The second-order valence-corrected chi connectivity index (χ2v) is 35.1. The number of likely N-dealkylation sites (tertiary alicyclic amines) is 5. The lowest BCUT2D eigenvalue weighted by molar-refractivity contribution is -0.128. The van der Waals surface area contributed by atoms with Gasteiger partial charge in [0.2, 0.25) is 29.5 Å². The highest BCUT2D eigenvalue weighted by atomic mass is 32.1. The molecule has 5 amide bonds. The fraction of sp³-hybridized carbons (Fsp3) is 0.476. The molecule has 10 heterocycles. The van der Waals surface area contributed by atoms with E-state index in [4.69, 9.17) is 92.2 Å². The molecule has 0 spiro atoms. The Hall–Kier alpha value is -8.45. The summed E-state index contributed by atoms with van der Waals surface area (Å²) in [6, 6.07) is 23.7. The van der Waals surface area contributed by atoms with Gasteiger partial charge in [-0.15, -0.1) is 56.7 Å². The van der Waals surface area contributed by atoms with Crippen LogP contribution in [0.4, 0.5) is 28.4 Å². The van der Waals surface area contributed by atoms with Crippen LogP contribution >= 0.6 is 56.7 Å². The maximum atomic E-state index is 13.7. The van der Waals surface area contributed by atoms with Crippen LogP contribution in [-0.4, -0.2) is 216 Å². The highest BCUT2D eigenvalue weighted by Gasteiger charge is 2.48. The number of thiophene rings is 5. The molecule has 700 valence electrons. The van der Waals surface area contributed by atoms with Gasteiger partial charge in [-0.05, 0) is 150 Å². The number of aryl methyl sites for hydroxylation is 5. The van der Waals surface area contributed by atoms with Crippen molar-refractivity contribution in [3.05, 3.63) is 263 Å². The molecule has 0 N–H and O–H groups in total. The van der Waals surface area contributed by atoms with Crippen LogP contribution in [0.25, 0.3) is 0 Å². The van der Waals surface area contributed by atoms with Gasteiger partial charge in [-0.1, -0.05) is 155 Å². The first-order chi connectivity index (χ1) is 82.9. The Morgan fingerprint density at radius 2 is 0.523 bits per heavy atom. The Morgan fingerprint density at radius 1 is 0.300 bits per heavy atom. The molecule has 0 radical (unpaired) electrons. The molecule has 0 bridgehead atoms. The van der Waals surface area contributed by atoms with E-state index in [1.807, 2.05) is 75.4 Å². The molecule has 5 aliphatic heterocycles. The van der Waals surface area contributed by atoms with E-state index in [-0.39, 0.29) is 162 Å². The summed E-state index contributed by atoms with van der Waals surface area (Å²) in [5.74, 6) is -5.80. The zero-order valence-electron chi connectivity index (χ0n) is 122. The summed E-state index contributed by atoms with van der Waals surface area (Å²) in [5.41, 5.74) is -9.67. The van der Waals surface area contributed by atoms with E-state index in [0.717, 1.165) is 39.1 Å². The lowest BCUT2D eigenvalue weighted by atomic mass is 9.96. The molecule has 5 saturated heterocycles. The number of rotatable bonds is 35. The maximum Gasteiger partial charge on any atom is 0.229 e. The zero-order chi connectivity index (χ0) is 135. The average molecular weight is 1910 g/mol. The third-order valence-electron chi connectivity index (χ3n) is 22.5. The zero-order valence-corrected chi connectivity index (χ0v) is 76.4. The van der Waals surface area contributed by atoms with Crippen LogP contribution < -0.4 is 24.5 Å². The number of ether oxygens (including phenoxy) is 5. The molecule has 5 aromatic heterocycles. The van der Waals surface area contributed by atoms with Gasteiger partial charge in [-0.3, -0.25) is 48.5 Å². The number of hydrogen-bond acceptors (Lipinski definition) is 20. The standard InChI is InChI=1S/5C21H28N2O2S/c5*1-3-20(24)23(18-8-5-4-6-9-18)21(25-2)12-15-22(16-13-21)14-11-19-10-7-17-26-19/h5*4-10,17H,3,11-16H2,1-2H3/i1D3,3D2,4D,5D,6D,8D,9D,14D2;1D3,2D3,4D,5D,6D,8D,9D,14D2;1D3,4D,5D,6D,8D,9D,14D2;1D3,3D2,14D2;1D3,2D3,14D2. The summed E-state index contributed by atoms with van der Waals surface area (Å²) in [7, 11) is -2.09. The molecule has 0 atom stereocenters. The minimum absolute atomic E-state index is 0.00300. The monoisotopic (exact) mass is 1910 g/mol. The van der Waals surface area contributed by atoms with Crippen LogP contribution in [0.3, 0.4) is 0 Å². The molecular weight excluding hydrogens is 1720 g/mol. The topological polar surface area (TPSA) is 164 Å². The van der Waals surface area contributed by atoms with E-state index >= 15 is 0 Å². The highest BCUT2D eigenvalue weighted by Crippen LogP contribution is 2.41. The van der Waals surface area contributed by atoms with E-state index in [2.05, 4.69) is 0 Å². The number of methoxy groups -OCH3 is 5. The molecule has 5 aliphatic rings. The van der Waals surface area contributed by atoms with E-state index in [0.29, 0.717) is 21.2 Å².